The van der Waals surface area contributed by atoms with Gasteiger partial charge in [-0.25, -0.2) is 4.98 Å². The fourth-order valence-corrected chi connectivity index (χ4v) is 7.12. The second-order valence-corrected chi connectivity index (χ2v) is 19.2. The Morgan fingerprint density at radius 2 is 1.65 bits per heavy atom. The standard InChI is InChI=1S/C34H39ClN2O5Si/c1-43(2,3)16-15-39-20-37-26-17-25(35)30(24-13-9-22(10-14-24)21-7-5-4-6-8-21)36-31(26)29(23-11-12-23)34(37)42-28-19-41-32-27(38)18-40-33(28)32/h4-10,13-14,17,23,27-28,32-33,38H,11-12,15-16,18-20H2,1-3H3/t27-,28-,32-,33-/m1/s1. The van der Waals surface area contributed by atoms with E-state index in [0.717, 1.165) is 58.2 Å². The number of aliphatic hydroxyl groups excluding tert-OH is 1. The summed E-state index contributed by atoms with van der Waals surface area (Å²) in [5, 5.41) is 10.9. The van der Waals surface area contributed by atoms with Gasteiger partial charge in [0.05, 0.1) is 35.0 Å². The molecule has 0 spiro atoms. The van der Waals surface area contributed by atoms with Crippen LogP contribution in [-0.2, 0) is 20.9 Å². The van der Waals surface area contributed by atoms with Crippen molar-refractivity contribution in [2.24, 2.45) is 0 Å². The number of nitrogens with zero attached hydrogens (tertiary/aromatic N) is 2. The lowest BCUT2D eigenvalue weighted by molar-refractivity contribution is 0.00451. The lowest BCUT2D eigenvalue weighted by Gasteiger charge is -2.21. The van der Waals surface area contributed by atoms with Crippen molar-refractivity contribution in [3.8, 4) is 28.3 Å². The molecule has 3 fully saturated rings. The van der Waals surface area contributed by atoms with Crippen LogP contribution in [0.1, 0.15) is 24.3 Å². The summed E-state index contributed by atoms with van der Waals surface area (Å²) >= 11 is 6.98. The quantitative estimate of drug-likeness (QED) is 0.151. The summed E-state index contributed by atoms with van der Waals surface area (Å²) in [6.45, 7) is 8.71. The first-order valence-electron chi connectivity index (χ1n) is 15.3. The van der Waals surface area contributed by atoms with Gasteiger partial charge in [-0.2, -0.15) is 0 Å². The fourth-order valence-electron chi connectivity index (χ4n) is 6.11. The molecule has 7 rings (SSSR count). The molecule has 4 atom stereocenters. The van der Waals surface area contributed by atoms with E-state index < -0.39 is 14.2 Å². The van der Waals surface area contributed by atoms with Crippen LogP contribution >= 0.6 is 11.6 Å². The Balaban J connectivity index is 1.27. The molecule has 0 radical (unpaired) electrons. The van der Waals surface area contributed by atoms with Gasteiger partial charge in [-0.15, -0.1) is 0 Å². The molecule has 2 saturated heterocycles. The molecular weight excluding hydrogens is 580 g/mol. The molecule has 1 N–H and O–H groups in total. The van der Waals surface area contributed by atoms with Crippen LogP contribution in [0, 0.1) is 0 Å². The first-order chi connectivity index (χ1) is 20.8. The maximum absolute atomic E-state index is 10.3. The molecule has 43 heavy (non-hydrogen) atoms. The van der Waals surface area contributed by atoms with E-state index in [1.165, 1.54) is 5.56 Å². The molecule has 226 valence electrons. The van der Waals surface area contributed by atoms with Gasteiger partial charge in [0.1, 0.15) is 25.0 Å². The first kappa shape index (κ1) is 29.0. The molecule has 2 aliphatic heterocycles. The highest BCUT2D eigenvalue weighted by Crippen LogP contribution is 2.50. The molecule has 1 aliphatic carbocycles. The minimum atomic E-state index is -1.25. The number of rotatable bonds is 10. The molecule has 7 nitrogen and oxygen atoms in total. The Hall–Kier alpha value is -2.72. The molecule has 4 heterocycles. The average molecular weight is 619 g/mol. The zero-order valence-electron chi connectivity index (χ0n) is 25.0. The van der Waals surface area contributed by atoms with Gasteiger partial charge in [-0.05, 0) is 42.0 Å². The fraction of sp³-hybridized carbons (Fsp3) is 0.441. The van der Waals surface area contributed by atoms with E-state index in [9.17, 15) is 5.11 Å². The van der Waals surface area contributed by atoms with E-state index in [1.807, 2.05) is 24.3 Å². The van der Waals surface area contributed by atoms with Crippen molar-refractivity contribution in [2.75, 3.05) is 19.8 Å². The predicted octanol–water partition coefficient (Wildman–Crippen LogP) is 7.12. The second-order valence-electron chi connectivity index (χ2n) is 13.2. The number of aromatic nitrogens is 2. The van der Waals surface area contributed by atoms with Crippen LogP contribution in [0.15, 0.2) is 60.7 Å². The van der Waals surface area contributed by atoms with Crippen molar-refractivity contribution in [1.82, 2.24) is 9.55 Å². The maximum atomic E-state index is 10.3. The number of aliphatic hydroxyl groups is 1. The lowest BCUT2D eigenvalue weighted by Crippen LogP contribution is -2.35. The van der Waals surface area contributed by atoms with Crippen molar-refractivity contribution >= 4 is 30.7 Å². The van der Waals surface area contributed by atoms with Crippen LogP contribution in [0.2, 0.25) is 30.7 Å². The number of benzene rings is 2. The van der Waals surface area contributed by atoms with Crippen molar-refractivity contribution < 1.29 is 24.1 Å². The van der Waals surface area contributed by atoms with Crippen LogP contribution in [0.5, 0.6) is 5.88 Å². The Labute approximate surface area is 258 Å². The normalized spacial score (nSPS) is 23.7. The lowest BCUT2D eigenvalue weighted by atomic mass is 10.0. The largest absolute Gasteiger partial charge is 0.470 e. The van der Waals surface area contributed by atoms with Crippen molar-refractivity contribution in [3.05, 3.63) is 71.2 Å². The summed E-state index contributed by atoms with van der Waals surface area (Å²) in [6, 6.07) is 21.8. The summed E-state index contributed by atoms with van der Waals surface area (Å²) in [5.41, 5.74) is 6.95. The molecular formula is C34H39ClN2O5Si. The molecule has 1 saturated carbocycles. The third-order valence-corrected chi connectivity index (χ3v) is 10.7. The van der Waals surface area contributed by atoms with E-state index in [2.05, 4.69) is 60.6 Å². The third-order valence-electron chi connectivity index (χ3n) is 8.69. The molecule has 9 heteroatoms. The topological polar surface area (TPSA) is 75.0 Å². The SMILES string of the molecule is C[Si](C)(C)CCOCn1c(O[C@@H]2CO[C@H]3[C@@H]2OC[C@H]3O)c(C2CC2)c2nc(-c3ccc(-c4ccccc4)cc3)c(Cl)cc21. The van der Waals surface area contributed by atoms with Crippen LogP contribution in [-0.4, -0.2) is 67.0 Å². The average Bonchev–Trinajstić information content (AvgIpc) is 3.55. The van der Waals surface area contributed by atoms with E-state index in [0.29, 0.717) is 30.9 Å². The Morgan fingerprint density at radius 1 is 0.953 bits per heavy atom. The molecule has 2 aromatic carbocycles. The van der Waals surface area contributed by atoms with Crippen molar-refractivity contribution in [3.63, 3.8) is 0 Å². The smallest absolute Gasteiger partial charge is 0.202 e. The van der Waals surface area contributed by atoms with Crippen LogP contribution in [0.25, 0.3) is 33.4 Å². The highest BCUT2D eigenvalue weighted by atomic mass is 35.5. The molecule has 0 unspecified atom stereocenters. The Kier molecular flexibility index (Phi) is 7.86. The van der Waals surface area contributed by atoms with Gasteiger partial charge in [0.2, 0.25) is 5.88 Å². The van der Waals surface area contributed by atoms with Crippen LogP contribution in [0.4, 0.5) is 0 Å². The number of pyridine rings is 1. The number of halogens is 1. The van der Waals surface area contributed by atoms with Gasteiger partial charge in [0, 0.05) is 25.8 Å². The minimum Gasteiger partial charge on any atom is -0.470 e. The highest BCUT2D eigenvalue weighted by Gasteiger charge is 2.49. The van der Waals surface area contributed by atoms with E-state index in [1.54, 1.807) is 0 Å². The summed E-state index contributed by atoms with van der Waals surface area (Å²) in [6.07, 6.45) is 0.535. The monoisotopic (exact) mass is 618 g/mol. The van der Waals surface area contributed by atoms with Gasteiger partial charge in [0.25, 0.3) is 0 Å². The molecule has 0 amide bonds. The van der Waals surface area contributed by atoms with Crippen LogP contribution in [0.3, 0.4) is 0 Å². The summed E-state index contributed by atoms with van der Waals surface area (Å²) in [5.74, 6) is 1.11. The van der Waals surface area contributed by atoms with Crippen LogP contribution < -0.4 is 4.74 Å². The number of fused-ring (bicyclic) bond motifs is 2. The first-order valence-corrected chi connectivity index (χ1v) is 19.4. The van der Waals surface area contributed by atoms with Crippen molar-refractivity contribution in [1.29, 1.82) is 0 Å². The Bertz CT molecular complexity index is 1600. The zero-order chi connectivity index (χ0) is 29.7. The van der Waals surface area contributed by atoms with E-state index >= 15 is 0 Å². The Morgan fingerprint density at radius 3 is 2.37 bits per heavy atom. The van der Waals surface area contributed by atoms with Gasteiger partial charge in [-0.3, -0.25) is 4.57 Å². The highest BCUT2D eigenvalue weighted by molar-refractivity contribution is 6.76. The summed E-state index contributed by atoms with van der Waals surface area (Å²) < 4.78 is 27.0. The second kappa shape index (κ2) is 11.7. The van der Waals surface area contributed by atoms with E-state index in [-0.39, 0.29) is 24.9 Å². The zero-order valence-corrected chi connectivity index (χ0v) is 26.7. The van der Waals surface area contributed by atoms with E-state index in [4.69, 9.17) is 35.5 Å². The third kappa shape index (κ3) is 5.89. The van der Waals surface area contributed by atoms with Gasteiger partial charge < -0.3 is 24.1 Å². The summed E-state index contributed by atoms with van der Waals surface area (Å²) in [4.78, 5) is 5.23. The summed E-state index contributed by atoms with van der Waals surface area (Å²) in [7, 11) is -1.25. The molecule has 4 aromatic rings. The van der Waals surface area contributed by atoms with Gasteiger partial charge >= 0.3 is 0 Å². The molecule has 2 aromatic heterocycles. The number of hydrogen-bond donors (Lipinski definition) is 1. The van der Waals surface area contributed by atoms with Crippen molar-refractivity contribution in [2.45, 2.75) is 75.6 Å². The molecule has 3 aliphatic rings. The minimum absolute atomic E-state index is 0.261. The predicted molar refractivity (Wildman–Crippen MR) is 172 cm³/mol. The maximum Gasteiger partial charge on any atom is 0.202 e. The molecule has 0 bridgehead atoms. The number of ether oxygens (including phenoxy) is 4. The van der Waals surface area contributed by atoms with Gasteiger partial charge in [-0.1, -0.05) is 85.8 Å². The number of hydrogen-bond acceptors (Lipinski definition) is 6. The van der Waals surface area contributed by atoms with Gasteiger partial charge in [0.15, 0.2) is 6.10 Å².